The summed E-state index contributed by atoms with van der Waals surface area (Å²) < 4.78 is 4.79. The van der Waals surface area contributed by atoms with E-state index in [4.69, 9.17) is 4.74 Å². The molecular formula is C14H23NO3. The molecule has 102 valence electrons. The van der Waals surface area contributed by atoms with Crippen molar-refractivity contribution >= 4 is 11.9 Å². The third kappa shape index (κ3) is 2.13. The Morgan fingerprint density at radius 2 is 1.94 bits per heavy atom. The molecule has 1 saturated heterocycles. The fraction of sp³-hybridized carbons (Fsp3) is 0.857. The van der Waals surface area contributed by atoms with Gasteiger partial charge in [0, 0.05) is 12.6 Å². The van der Waals surface area contributed by atoms with E-state index in [1.807, 2.05) is 4.90 Å². The zero-order chi connectivity index (χ0) is 13.3. The van der Waals surface area contributed by atoms with Gasteiger partial charge >= 0.3 is 5.97 Å². The molecule has 2 fully saturated rings. The lowest BCUT2D eigenvalue weighted by Crippen LogP contribution is -2.41. The number of methoxy groups -OCH3 is 1. The monoisotopic (exact) mass is 253 g/mol. The lowest BCUT2D eigenvalue weighted by molar-refractivity contribution is -0.150. The number of esters is 1. The molecule has 0 radical (unpaired) electrons. The molecule has 0 unspecified atom stereocenters. The van der Waals surface area contributed by atoms with E-state index in [-0.39, 0.29) is 23.3 Å². The Hall–Kier alpha value is -1.06. The predicted molar refractivity (Wildman–Crippen MR) is 67.9 cm³/mol. The second-order valence-corrected chi connectivity index (χ2v) is 5.92. The zero-order valence-corrected chi connectivity index (χ0v) is 11.6. The van der Waals surface area contributed by atoms with Crippen LogP contribution in [0.15, 0.2) is 0 Å². The Morgan fingerprint density at radius 1 is 1.33 bits per heavy atom. The summed E-state index contributed by atoms with van der Waals surface area (Å²) in [5.41, 5.74) is -0.172. The summed E-state index contributed by atoms with van der Waals surface area (Å²) >= 11 is 0. The molecule has 0 aromatic heterocycles. The van der Waals surface area contributed by atoms with Gasteiger partial charge in [0.25, 0.3) is 0 Å². The second-order valence-electron chi connectivity index (χ2n) is 5.92. The first-order valence-corrected chi connectivity index (χ1v) is 6.89. The maximum absolute atomic E-state index is 12.5. The Morgan fingerprint density at radius 3 is 2.39 bits per heavy atom. The molecule has 2 rings (SSSR count). The molecule has 4 heteroatoms. The van der Waals surface area contributed by atoms with Gasteiger partial charge in [-0.25, -0.2) is 0 Å². The minimum Gasteiger partial charge on any atom is -0.469 e. The van der Waals surface area contributed by atoms with Crippen LogP contribution in [0.5, 0.6) is 0 Å². The number of carbonyl (C=O) groups is 2. The van der Waals surface area contributed by atoms with Gasteiger partial charge < -0.3 is 9.64 Å². The SMILES string of the molecule is COC(=O)[C@H]1CC[C@]2(CCN(C(C)C)C2=O)CC1. The van der Waals surface area contributed by atoms with Gasteiger partial charge in [0.2, 0.25) is 5.91 Å². The van der Waals surface area contributed by atoms with Gasteiger partial charge in [-0.2, -0.15) is 0 Å². The zero-order valence-electron chi connectivity index (χ0n) is 11.6. The lowest BCUT2D eigenvalue weighted by Gasteiger charge is -2.35. The third-order valence-electron chi connectivity index (χ3n) is 4.65. The normalized spacial score (nSPS) is 32.3. The van der Waals surface area contributed by atoms with Gasteiger partial charge in [-0.15, -0.1) is 0 Å². The number of rotatable bonds is 2. The van der Waals surface area contributed by atoms with E-state index in [0.29, 0.717) is 5.91 Å². The molecule has 0 atom stereocenters. The van der Waals surface area contributed by atoms with Crippen molar-refractivity contribution in [3.8, 4) is 0 Å². The third-order valence-corrected chi connectivity index (χ3v) is 4.65. The summed E-state index contributed by atoms with van der Waals surface area (Å²) in [5.74, 6) is 0.193. The van der Waals surface area contributed by atoms with Crippen molar-refractivity contribution in [2.24, 2.45) is 11.3 Å². The van der Waals surface area contributed by atoms with Crippen molar-refractivity contribution < 1.29 is 14.3 Å². The number of ether oxygens (including phenoxy) is 1. The number of hydrogen-bond acceptors (Lipinski definition) is 3. The van der Waals surface area contributed by atoms with Crippen LogP contribution >= 0.6 is 0 Å². The van der Waals surface area contributed by atoms with Gasteiger partial charge in [-0.1, -0.05) is 0 Å². The molecular weight excluding hydrogens is 230 g/mol. The highest BCUT2D eigenvalue weighted by Crippen LogP contribution is 2.47. The summed E-state index contributed by atoms with van der Waals surface area (Å²) in [7, 11) is 1.44. The van der Waals surface area contributed by atoms with Crippen molar-refractivity contribution in [2.45, 2.75) is 52.0 Å². The van der Waals surface area contributed by atoms with Gasteiger partial charge in [-0.05, 0) is 46.0 Å². The van der Waals surface area contributed by atoms with Crippen LogP contribution in [-0.2, 0) is 14.3 Å². The summed E-state index contributed by atoms with van der Waals surface area (Å²) in [5, 5.41) is 0. The second kappa shape index (κ2) is 4.90. The summed E-state index contributed by atoms with van der Waals surface area (Å²) in [4.78, 5) is 26.0. The predicted octanol–water partition coefficient (Wildman–Crippen LogP) is 1.98. The first kappa shape index (κ1) is 13.4. The van der Waals surface area contributed by atoms with Gasteiger partial charge in [0.1, 0.15) is 0 Å². The van der Waals surface area contributed by atoms with E-state index < -0.39 is 0 Å². The average Bonchev–Trinajstić information content (AvgIpc) is 2.67. The molecule has 1 aliphatic carbocycles. The minimum absolute atomic E-state index is 0.00141. The first-order chi connectivity index (χ1) is 8.50. The molecule has 0 bridgehead atoms. The van der Waals surface area contributed by atoms with Gasteiger partial charge in [0.15, 0.2) is 0 Å². The van der Waals surface area contributed by atoms with Crippen LogP contribution in [0.2, 0.25) is 0 Å². The highest BCUT2D eigenvalue weighted by atomic mass is 16.5. The summed E-state index contributed by atoms with van der Waals surface area (Å²) in [6.07, 6.45) is 4.23. The Kier molecular flexibility index (Phi) is 3.64. The Bertz CT molecular complexity index is 343. The van der Waals surface area contributed by atoms with Crippen LogP contribution in [0.25, 0.3) is 0 Å². The smallest absolute Gasteiger partial charge is 0.308 e. The fourth-order valence-electron chi connectivity index (χ4n) is 3.38. The lowest BCUT2D eigenvalue weighted by atomic mass is 9.69. The van der Waals surface area contributed by atoms with Crippen LogP contribution in [-0.4, -0.2) is 36.5 Å². The van der Waals surface area contributed by atoms with Gasteiger partial charge in [-0.3, -0.25) is 9.59 Å². The maximum atomic E-state index is 12.5. The van der Waals surface area contributed by atoms with Crippen molar-refractivity contribution in [3.63, 3.8) is 0 Å². The molecule has 0 aromatic carbocycles. The Labute approximate surface area is 109 Å². The topological polar surface area (TPSA) is 46.6 Å². The minimum atomic E-state index is -0.172. The number of likely N-dealkylation sites (tertiary alicyclic amines) is 1. The highest BCUT2D eigenvalue weighted by molar-refractivity contribution is 5.85. The number of amides is 1. The van der Waals surface area contributed by atoms with E-state index in [2.05, 4.69) is 13.8 Å². The molecule has 1 heterocycles. The van der Waals surface area contributed by atoms with Crippen LogP contribution < -0.4 is 0 Å². The van der Waals surface area contributed by atoms with E-state index in [0.717, 1.165) is 38.6 Å². The van der Waals surface area contributed by atoms with Crippen LogP contribution in [0.1, 0.15) is 46.0 Å². The van der Waals surface area contributed by atoms with Crippen LogP contribution in [0.4, 0.5) is 0 Å². The molecule has 1 spiro atoms. The standard InChI is InChI=1S/C14H23NO3/c1-10(2)15-9-8-14(13(15)17)6-4-11(5-7-14)12(16)18-3/h10-11H,4-9H2,1-3H3/t11-,14+. The number of nitrogens with zero attached hydrogens (tertiary/aromatic N) is 1. The van der Waals surface area contributed by atoms with E-state index >= 15 is 0 Å². The van der Waals surface area contributed by atoms with Crippen molar-refractivity contribution in [3.05, 3.63) is 0 Å². The molecule has 0 aromatic rings. The first-order valence-electron chi connectivity index (χ1n) is 6.89. The maximum Gasteiger partial charge on any atom is 0.308 e. The molecule has 4 nitrogen and oxygen atoms in total. The molecule has 1 amide bonds. The highest BCUT2D eigenvalue weighted by Gasteiger charge is 2.49. The van der Waals surface area contributed by atoms with Crippen molar-refractivity contribution in [1.82, 2.24) is 4.90 Å². The van der Waals surface area contributed by atoms with Crippen molar-refractivity contribution in [1.29, 1.82) is 0 Å². The molecule has 1 saturated carbocycles. The van der Waals surface area contributed by atoms with Crippen molar-refractivity contribution in [2.75, 3.05) is 13.7 Å². The molecule has 1 aliphatic heterocycles. The summed E-state index contributed by atoms with van der Waals surface area (Å²) in [6.45, 7) is 5.01. The largest absolute Gasteiger partial charge is 0.469 e. The quantitative estimate of drug-likeness (QED) is 0.707. The van der Waals surface area contributed by atoms with E-state index in [1.54, 1.807) is 0 Å². The van der Waals surface area contributed by atoms with Crippen LogP contribution in [0, 0.1) is 11.3 Å². The number of carbonyl (C=O) groups excluding carboxylic acids is 2. The fourth-order valence-corrected chi connectivity index (χ4v) is 3.38. The van der Waals surface area contributed by atoms with Crippen LogP contribution in [0.3, 0.4) is 0 Å². The van der Waals surface area contributed by atoms with E-state index in [9.17, 15) is 9.59 Å². The average molecular weight is 253 g/mol. The summed E-state index contributed by atoms with van der Waals surface area (Å²) in [6, 6.07) is 0.287. The Balaban J connectivity index is 2.01. The van der Waals surface area contributed by atoms with E-state index in [1.165, 1.54) is 7.11 Å². The van der Waals surface area contributed by atoms with Gasteiger partial charge in [0.05, 0.1) is 18.4 Å². The molecule has 0 N–H and O–H groups in total. The number of hydrogen-bond donors (Lipinski definition) is 0. The molecule has 2 aliphatic rings. The molecule has 18 heavy (non-hydrogen) atoms.